The van der Waals surface area contributed by atoms with Crippen molar-refractivity contribution in [3.63, 3.8) is 0 Å². The Bertz CT molecular complexity index is 652. The number of anilines is 1. The molecule has 2 amide bonds. The third-order valence-electron chi connectivity index (χ3n) is 5.81. The van der Waals surface area contributed by atoms with Gasteiger partial charge in [-0.25, -0.2) is 4.98 Å². The fraction of sp³-hybridized carbons (Fsp3) is 0.650. The number of nitrogens with zero attached hydrogens (tertiary/aromatic N) is 3. The standard InChI is InChI=1S/C20H31N5O2.2ClH/c1-20(21)9-4-2-6-16(20)19(27)23-11-8-18(26)25-14-12-24(13-15-25)17-7-3-5-10-22-17;;/h3,5,7,10,16H,2,4,6,8-9,11-15,21H2,1H3,(H,23,27);2*1H. The molecule has 3 N–H and O–H groups in total. The van der Waals surface area contributed by atoms with E-state index in [0.29, 0.717) is 26.1 Å². The summed E-state index contributed by atoms with van der Waals surface area (Å²) in [5.41, 5.74) is 5.85. The highest BCUT2D eigenvalue weighted by atomic mass is 35.5. The van der Waals surface area contributed by atoms with Crippen LogP contribution < -0.4 is 16.0 Å². The number of halogens is 2. The van der Waals surface area contributed by atoms with Gasteiger partial charge in [0.05, 0.1) is 5.92 Å². The fourth-order valence-electron chi connectivity index (χ4n) is 4.09. The second kappa shape index (κ2) is 11.6. The van der Waals surface area contributed by atoms with Crippen LogP contribution in [0.2, 0.25) is 0 Å². The molecule has 0 radical (unpaired) electrons. The van der Waals surface area contributed by atoms with Crippen LogP contribution in [-0.4, -0.2) is 60.0 Å². The van der Waals surface area contributed by atoms with Crippen LogP contribution in [-0.2, 0) is 9.59 Å². The molecule has 1 aromatic heterocycles. The summed E-state index contributed by atoms with van der Waals surface area (Å²) < 4.78 is 0. The van der Waals surface area contributed by atoms with Crippen molar-refractivity contribution in [2.24, 2.45) is 11.7 Å². The van der Waals surface area contributed by atoms with Crippen LogP contribution in [0.1, 0.15) is 39.0 Å². The van der Waals surface area contributed by atoms with E-state index in [4.69, 9.17) is 5.73 Å². The molecular weight excluding hydrogens is 413 g/mol. The zero-order valence-electron chi connectivity index (χ0n) is 17.0. The van der Waals surface area contributed by atoms with E-state index in [1.807, 2.05) is 30.0 Å². The quantitative estimate of drug-likeness (QED) is 0.722. The molecule has 9 heteroatoms. The van der Waals surface area contributed by atoms with Crippen LogP contribution in [0.5, 0.6) is 0 Å². The molecule has 2 unspecified atom stereocenters. The van der Waals surface area contributed by atoms with Crippen LogP contribution in [0.15, 0.2) is 24.4 Å². The van der Waals surface area contributed by atoms with E-state index in [0.717, 1.165) is 44.6 Å². The second-order valence-electron chi connectivity index (χ2n) is 7.90. The molecule has 1 aliphatic carbocycles. The van der Waals surface area contributed by atoms with Crippen molar-refractivity contribution in [2.45, 2.75) is 44.6 Å². The summed E-state index contributed by atoms with van der Waals surface area (Å²) in [6.45, 7) is 5.28. The highest BCUT2D eigenvalue weighted by Crippen LogP contribution is 2.31. The summed E-state index contributed by atoms with van der Waals surface area (Å²) in [5.74, 6) is 0.889. The minimum atomic E-state index is -0.436. The van der Waals surface area contributed by atoms with Crippen molar-refractivity contribution in [3.05, 3.63) is 24.4 Å². The van der Waals surface area contributed by atoms with Gasteiger partial charge < -0.3 is 20.9 Å². The van der Waals surface area contributed by atoms with E-state index in [2.05, 4.69) is 15.2 Å². The number of rotatable bonds is 5. The minimum Gasteiger partial charge on any atom is -0.355 e. The number of nitrogens with one attached hydrogen (secondary N) is 1. The summed E-state index contributed by atoms with van der Waals surface area (Å²) in [7, 11) is 0. The molecule has 29 heavy (non-hydrogen) atoms. The molecule has 0 aromatic carbocycles. The van der Waals surface area contributed by atoms with Crippen molar-refractivity contribution in [3.8, 4) is 0 Å². The SMILES string of the molecule is CC1(N)CCCCC1C(=O)NCCC(=O)N1CCN(c2ccccn2)CC1.Cl.Cl. The molecule has 164 valence electrons. The van der Waals surface area contributed by atoms with Crippen LogP contribution in [0.4, 0.5) is 5.82 Å². The first kappa shape index (κ1) is 25.5. The Hall–Kier alpha value is -1.57. The van der Waals surface area contributed by atoms with Gasteiger partial charge in [0.2, 0.25) is 11.8 Å². The monoisotopic (exact) mass is 445 g/mol. The topological polar surface area (TPSA) is 91.6 Å². The maximum atomic E-state index is 12.4. The van der Waals surface area contributed by atoms with E-state index in [1.165, 1.54) is 0 Å². The molecule has 2 fully saturated rings. The predicted octanol–water partition coefficient (Wildman–Crippen LogP) is 1.99. The number of hydrogen-bond donors (Lipinski definition) is 2. The van der Waals surface area contributed by atoms with Gasteiger partial charge in [-0.2, -0.15) is 0 Å². The predicted molar refractivity (Wildman–Crippen MR) is 120 cm³/mol. The first-order valence-electron chi connectivity index (χ1n) is 9.98. The van der Waals surface area contributed by atoms with E-state index >= 15 is 0 Å². The molecule has 1 aromatic rings. The Morgan fingerprint density at radius 2 is 1.93 bits per heavy atom. The van der Waals surface area contributed by atoms with Gasteiger partial charge in [-0.3, -0.25) is 9.59 Å². The average Bonchev–Trinajstić information content (AvgIpc) is 2.68. The molecular formula is C20H33Cl2N5O2. The molecule has 7 nitrogen and oxygen atoms in total. The van der Waals surface area contributed by atoms with Crippen LogP contribution in [0, 0.1) is 5.92 Å². The van der Waals surface area contributed by atoms with E-state index < -0.39 is 5.54 Å². The largest absolute Gasteiger partial charge is 0.355 e. The van der Waals surface area contributed by atoms with Crippen LogP contribution in [0.3, 0.4) is 0 Å². The molecule has 0 bridgehead atoms. The zero-order chi connectivity index (χ0) is 19.3. The Morgan fingerprint density at radius 3 is 2.55 bits per heavy atom. The van der Waals surface area contributed by atoms with Gasteiger partial charge in [0, 0.05) is 50.9 Å². The highest BCUT2D eigenvalue weighted by molar-refractivity contribution is 5.85. The van der Waals surface area contributed by atoms with Gasteiger partial charge >= 0.3 is 0 Å². The Kier molecular flexibility index (Phi) is 10.2. The maximum Gasteiger partial charge on any atom is 0.224 e. The lowest BCUT2D eigenvalue weighted by Crippen LogP contribution is -2.53. The van der Waals surface area contributed by atoms with E-state index in [-0.39, 0.29) is 42.5 Å². The zero-order valence-corrected chi connectivity index (χ0v) is 18.6. The van der Waals surface area contributed by atoms with Gasteiger partial charge in [0.1, 0.15) is 5.82 Å². The first-order chi connectivity index (χ1) is 13.0. The van der Waals surface area contributed by atoms with Crippen molar-refractivity contribution in [1.82, 2.24) is 15.2 Å². The third-order valence-corrected chi connectivity index (χ3v) is 5.81. The number of pyridine rings is 1. The lowest BCUT2D eigenvalue weighted by molar-refractivity contribution is -0.131. The summed E-state index contributed by atoms with van der Waals surface area (Å²) in [6.07, 6.45) is 5.97. The van der Waals surface area contributed by atoms with Crippen molar-refractivity contribution in [2.75, 3.05) is 37.6 Å². The van der Waals surface area contributed by atoms with Crippen molar-refractivity contribution in [1.29, 1.82) is 0 Å². The molecule has 2 atom stereocenters. The van der Waals surface area contributed by atoms with Gasteiger partial charge in [0.15, 0.2) is 0 Å². The second-order valence-corrected chi connectivity index (χ2v) is 7.90. The summed E-state index contributed by atoms with van der Waals surface area (Å²) in [5, 5.41) is 2.93. The molecule has 2 aliphatic rings. The molecule has 0 spiro atoms. The van der Waals surface area contributed by atoms with Crippen molar-refractivity contribution < 1.29 is 9.59 Å². The van der Waals surface area contributed by atoms with Crippen LogP contribution >= 0.6 is 24.8 Å². The smallest absolute Gasteiger partial charge is 0.224 e. The number of nitrogens with two attached hydrogens (primary N) is 1. The minimum absolute atomic E-state index is 0. The number of aromatic nitrogens is 1. The summed E-state index contributed by atoms with van der Waals surface area (Å²) >= 11 is 0. The average molecular weight is 446 g/mol. The molecule has 2 heterocycles. The number of amides is 2. The normalized spacial score (nSPS) is 24.1. The van der Waals surface area contributed by atoms with Crippen molar-refractivity contribution >= 4 is 42.4 Å². The number of carbonyl (C=O) groups is 2. The molecule has 1 aliphatic heterocycles. The molecule has 3 rings (SSSR count). The van der Waals surface area contributed by atoms with Gasteiger partial charge in [-0.1, -0.05) is 18.9 Å². The Labute approximate surface area is 185 Å². The fourth-order valence-corrected chi connectivity index (χ4v) is 4.09. The van der Waals surface area contributed by atoms with Gasteiger partial charge in [-0.15, -0.1) is 24.8 Å². The Balaban J connectivity index is 0.00000210. The lowest BCUT2D eigenvalue weighted by atomic mass is 9.74. The Morgan fingerprint density at radius 1 is 1.21 bits per heavy atom. The number of piperazine rings is 1. The number of carbonyl (C=O) groups excluding carboxylic acids is 2. The maximum absolute atomic E-state index is 12.4. The van der Waals surface area contributed by atoms with E-state index in [9.17, 15) is 9.59 Å². The van der Waals surface area contributed by atoms with Gasteiger partial charge in [-0.05, 0) is 31.9 Å². The highest BCUT2D eigenvalue weighted by Gasteiger charge is 2.37. The molecule has 1 saturated carbocycles. The summed E-state index contributed by atoms with van der Waals surface area (Å²) in [6, 6.07) is 5.86. The van der Waals surface area contributed by atoms with Crippen LogP contribution in [0.25, 0.3) is 0 Å². The van der Waals surface area contributed by atoms with Gasteiger partial charge in [0.25, 0.3) is 0 Å². The third kappa shape index (κ3) is 6.73. The number of hydrogen-bond acceptors (Lipinski definition) is 5. The van der Waals surface area contributed by atoms with E-state index in [1.54, 1.807) is 6.20 Å². The summed E-state index contributed by atoms with van der Waals surface area (Å²) in [4.78, 5) is 33.3. The lowest BCUT2D eigenvalue weighted by Gasteiger charge is -2.37. The molecule has 1 saturated heterocycles. The first-order valence-corrected chi connectivity index (χ1v) is 9.98.